The Balaban J connectivity index is 3.37. The van der Waals surface area contributed by atoms with E-state index in [0.29, 0.717) is 0 Å². The summed E-state index contributed by atoms with van der Waals surface area (Å²) in [6.07, 6.45) is -4.64. The van der Waals surface area contributed by atoms with E-state index in [1.54, 1.807) is 0 Å². The summed E-state index contributed by atoms with van der Waals surface area (Å²) < 4.78 is 49.6. The van der Waals surface area contributed by atoms with Crippen molar-refractivity contribution in [2.75, 3.05) is 0 Å². The predicted molar refractivity (Wildman–Crippen MR) is 43.8 cm³/mol. The minimum absolute atomic E-state index is 0.0262. The normalized spacial score (nSPS) is 11.8. The van der Waals surface area contributed by atoms with Crippen molar-refractivity contribution in [3.05, 3.63) is 33.5 Å². The van der Waals surface area contributed by atoms with Gasteiger partial charge in [0.05, 0.1) is 5.56 Å². The minimum Gasteiger partial charge on any atom is -0.206 e. The third-order valence-electron chi connectivity index (χ3n) is 1.52. The molecule has 1 aromatic rings. The number of aryl methyl sites for hydroxylation is 1. The summed E-state index contributed by atoms with van der Waals surface area (Å²) in [6, 6.07) is 2.02. The topological polar surface area (TPSA) is 0 Å². The molecule has 0 N–H and O–H groups in total. The Labute approximate surface area is 80.7 Å². The lowest BCUT2D eigenvalue weighted by Crippen LogP contribution is -2.09. The minimum atomic E-state index is -4.64. The molecule has 0 saturated heterocycles. The molecule has 0 heterocycles. The summed E-state index contributed by atoms with van der Waals surface area (Å²) in [4.78, 5) is 0. The summed E-state index contributed by atoms with van der Waals surface area (Å²) in [5, 5.41) is 0. The van der Waals surface area contributed by atoms with Gasteiger partial charge in [-0.05, 0) is 24.6 Å². The van der Waals surface area contributed by atoms with Gasteiger partial charge in [-0.1, -0.05) is 15.9 Å². The molecule has 0 atom stereocenters. The van der Waals surface area contributed by atoms with Crippen molar-refractivity contribution in [2.24, 2.45) is 0 Å². The van der Waals surface area contributed by atoms with Gasteiger partial charge in [-0.3, -0.25) is 0 Å². The first-order valence-corrected chi connectivity index (χ1v) is 4.14. The molecule has 0 nitrogen and oxygen atoms in total. The first kappa shape index (κ1) is 10.5. The van der Waals surface area contributed by atoms with E-state index in [2.05, 4.69) is 15.9 Å². The second-order valence-corrected chi connectivity index (χ2v) is 3.50. The van der Waals surface area contributed by atoms with Crippen LogP contribution in [0.25, 0.3) is 0 Å². The molecule has 0 aliphatic carbocycles. The number of rotatable bonds is 0. The maximum absolute atomic E-state index is 12.9. The van der Waals surface area contributed by atoms with Crippen LogP contribution >= 0.6 is 15.9 Å². The molecule has 0 fully saturated rings. The largest absolute Gasteiger partial charge is 0.419 e. The van der Waals surface area contributed by atoms with Gasteiger partial charge >= 0.3 is 6.18 Å². The van der Waals surface area contributed by atoms with Crippen molar-refractivity contribution in [1.29, 1.82) is 0 Å². The molecular weight excluding hydrogens is 252 g/mol. The molecule has 0 saturated carbocycles. The number of hydrogen-bond acceptors (Lipinski definition) is 0. The molecule has 1 aromatic carbocycles. The number of alkyl halides is 3. The van der Waals surface area contributed by atoms with Gasteiger partial charge in [0.1, 0.15) is 5.82 Å². The van der Waals surface area contributed by atoms with Crippen molar-refractivity contribution in [3.63, 3.8) is 0 Å². The smallest absolute Gasteiger partial charge is 0.206 e. The van der Waals surface area contributed by atoms with E-state index in [4.69, 9.17) is 0 Å². The maximum Gasteiger partial charge on any atom is 0.419 e. The zero-order chi connectivity index (χ0) is 10.2. The quantitative estimate of drug-likeness (QED) is 0.618. The van der Waals surface area contributed by atoms with Crippen molar-refractivity contribution in [2.45, 2.75) is 13.1 Å². The Morgan fingerprint density at radius 3 is 2.23 bits per heavy atom. The van der Waals surface area contributed by atoms with Gasteiger partial charge in [0.25, 0.3) is 0 Å². The summed E-state index contributed by atoms with van der Waals surface area (Å²) in [6.45, 7) is 1.29. The number of hydrogen-bond donors (Lipinski definition) is 0. The fourth-order valence-corrected chi connectivity index (χ4v) is 1.50. The second kappa shape index (κ2) is 3.29. The third-order valence-corrected chi connectivity index (χ3v) is 1.98. The highest BCUT2D eigenvalue weighted by molar-refractivity contribution is 9.10. The van der Waals surface area contributed by atoms with Crippen LogP contribution in [0.2, 0.25) is 0 Å². The lowest BCUT2D eigenvalue weighted by molar-refractivity contribution is -0.140. The van der Waals surface area contributed by atoms with Crippen LogP contribution in [0.3, 0.4) is 0 Å². The van der Waals surface area contributed by atoms with E-state index >= 15 is 0 Å². The number of halogens is 5. The molecule has 13 heavy (non-hydrogen) atoms. The number of benzene rings is 1. The Morgan fingerprint density at radius 1 is 1.23 bits per heavy atom. The molecule has 0 spiro atoms. The standard InChI is InChI=1S/C8H5BrF4/c1-4-2-5(9)3-6(7(4)10)8(11,12)13/h2-3H,1H3. The lowest BCUT2D eigenvalue weighted by atomic mass is 10.1. The maximum atomic E-state index is 12.9. The highest BCUT2D eigenvalue weighted by Gasteiger charge is 2.34. The van der Waals surface area contributed by atoms with Gasteiger partial charge < -0.3 is 0 Å². The van der Waals surface area contributed by atoms with E-state index in [0.717, 1.165) is 6.07 Å². The first-order valence-electron chi connectivity index (χ1n) is 3.35. The Bertz CT molecular complexity index is 330. The van der Waals surface area contributed by atoms with Gasteiger partial charge in [0, 0.05) is 4.47 Å². The summed E-state index contributed by atoms with van der Waals surface area (Å²) >= 11 is 2.87. The summed E-state index contributed by atoms with van der Waals surface area (Å²) in [5.74, 6) is -1.21. The van der Waals surface area contributed by atoms with Crippen molar-refractivity contribution in [3.8, 4) is 0 Å². The zero-order valence-corrected chi connectivity index (χ0v) is 8.13. The van der Waals surface area contributed by atoms with Crippen molar-refractivity contribution >= 4 is 15.9 Å². The Kier molecular flexibility index (Phi) is 2.66. The molecule has 0 radical (unpaired) electrons. The average molecular weight is 257 g/mol. The van der Waals surface area contributed by atoms with Crippen LogP contribution in [-0.2, 0) is 6.18 Å². The van der Waals surface area contributed by atoms with Crippen LogP contribution in [0.4, 0.5) is 17.6 Å². The molecule has 0 aromatic heterocycles. The fourth-order valence-electron chi connectivity index (χ4n) is 0.932. The Morgan fingerprint density at radius 2 is 1.77 bits per heavy atom. The molecule has 0 aliphatic rings. The molecule has 0 bridgehead atoms. The highest BCUT2D eigenvalue weighted by Crippen LogP contribution is 2.34. The van der Waals surface area contributed by atoms with E-state index in [-0.39, 0.29) is 10.0 Å². The van der Waals surface area contributed by atoms with Gasteiger partial charge in [-0.25, -0.2) is 4.39 Å². The summed E-state index contributed by atoms with van der Waals surface area (Å²) in [5.41, 5.74) is -1.26. The average Bonchev–Trinajstić information content (AvgIpc) is 1.94. The van der Waals surface area contributed by atoms with Crippen molar-refractivity contribution < 1.29 is 17.6 Å². The van der Waals surface area contributed by atoms with E-state index in [9.17, 15) is 17.6 Å². The first-order chi connectivity index (χ1) is 5.82. The molecule has 0 unspecified atom stereocenters. The lowest BCUT2D eigenvalue weighted by Gasteiger charge is -2.09. The van der Waals surface area contributed by atoms with Crippen LogP contribution < -0.4 is 0 Å². The van der Waals surface area contributed by atoms with Crippen LogP contribution in [0, 0.1) is 12.7 Å². The monoisotopic (exact) mass is 256 g/mol. The zero-order valence-electron chi connectivity index (χ0n) is 6.54. The highest BCUT2D eigenvalue weighted by atomic mass is 79.9. The van der Waals surface area contributed by atoms with Crippen molar-refractivity contribution in [1.82, 2.24) is 0 Å². The summed E-state index contributed by atoms with van der Waals surface area (Å²) in [7, 11) is 0. The van der Waals surface area contributed by atoms with Crippen LogP contribution in [0.1, 0.15) is 11.1 Å². The molecular formula is C8H5BrF4. The van der Waals surface area contributed by atoms with Crippen LogP contribution in [-0.4, -0.2) is 0 Å². The third kappa shape index (κ3) is 2.21. The van der Waals surface area contributed by atoms with Crippen LogP contribution in [0.15, 0.2) is 16.6 Å². The molecule has 5 heteroatoms. The van der Waals surface area contributed by atoms with Gasteiger partial charge in [-0.15, -0.1) is 0 Å². The van der Waals surface area contributed by atoms with Crippen LogP contribution in [0.5, 0.6) is 0 Å². The molecule has 72 valence electrons. The molecule has 0 aliphatic heterocycles. The molecule has 0 amide bonds. The van der Waals surface area contributed by atoms with E-state index in [1.165, 1.54) is 13.0 Å². The second-order valence-electron chi connectivity index (χ2n) is 2.58. The fraction of sp³-hybridized carbons (Fsp3) is 0.250. The van der Waals surface area contributed by atoms with E-state index in [1.807, 2.05) is 0 Å². The van der Waals surface area contributed by atoms with E-state index < -0.39 is 17.6 Å². The SMILES string of the molecule is Cc1cc(Br)cc(C(F)(F)F)c1F. The van der Waals surface area contributed by atoms with Gasteiger partial charge in [-0.2, -0.15) is 13.2 Å². The van der Waals surface area contributed by atoms with Gasteiger partial charge in [0.2, 0.25) is 0 Å². The Hall–Kier alpha value is -0.580. The van der Waals surface area contributed by atoms with Gasteiger partial charge in [0.15, 0.2) is 0 Å². The predicted octanol–water partition coefficient (Wildman–Crippen LogP) is 3.92. The molecule has 1 rings (SSSR count).